The van der Waals surface area contributed by atoms with Crippen LogP contribution in [0.2, 0.25) is 0 Å². The van der Waals surface area contributed by atoms with Crippen LogP contribution in [0.4, 0.5) is 0 Å². The van der Waals surface area contributed by atoms with Crippen molar-refractivity contribution in [2.24, 2.45) is 0 Å². The van der Waals surface area contributed by atoms with Gasteiger partial charge in [-0.2, -0.15) is 0 Å². The van der Waals surface area contributed by atoms with E-state index in [0.29, 0.717) is 5.56 Å². The number of carbonyl (C=O) groups is 2. The summed E-state index contributed by atoms with van der Waals surface area (Å²) in [5.41, 5.74) is -0.192. The monoisotopic (exact) mass is 464 g/mol. The number of aliphatic hydroxyl groups excluding tert-OH is 3. The van der Waals surface area contributed by atoms with Crippen molar-refractivity contribution in [3.8, 4) is 28.7 Å². The Bertz CT molecular complexity index is 1090. The minimum Gasteiger partial charge on any atom is -0.508 e. The lowest BCUT2D eigenvalue weighted by atomic mass is 9.99. The first-order valence-electron chi connectivity index (χ1n) is 9.39. The number of allylic oxidation sites excluding steroid dienone is 1. The van der Waals surface area contributed by atoms with E-state index in [4.69, 9.17) is 14.6 Å². The predicted octanol–water partition coefficient (Wildman–Crippen LogP) is -0.324. The normalized spacial score (nSPS) is 25.1. The van der Waals surface area contributed by atoms with E-state index in [0.717, 1.165) is 24.3 Å². The molecule has 2 aromatic carbocycles. The predicted molar refractivity (Wildman–Crippen MR) is 108 cm³/mol. The molecule has 0 bridgehead atoms. The number of benzene rings is 2. The minimum absolute atomic E-state index is 0.312. The van der Waals surface area contributed by atoms with Gasteiger partial charge in [0.2, 0.25) is 6.29 Å². The molecule has 1 fully saturated rings. The van der Waals surface area contributed by atoms with Crippen LogP contribution in [0.1, 0.15) is 15.9 Å². The average molecular weight is 464 g/mol. The number of aliphatic carboxylic acids is 1. The van der Waals surface area contributed by atoms with Crippen molar-refractivity contribution in [1.82, 2.24) is 0 Å². The lowest BCUT2D eigenvalue weighted by molar-refractivity contribution is -0.271. The molecule has 1 saturated heterocycles. The van der Waals surface area contributed by atoms with Crippen LogP contribution in [0.3, 0.4) is 0 Å². The molecule has 0 amide bonds. The number of ether oxygens (including phenoxy) is 2. The molecule has 12 nitrogen and oxygen atoms in total. The van der Waals surface area contributed by atoms with Gasteiger partial charge in [0.25, 0.3) is 0 Å². The first-order valence-corrected chi connectivity index (χ1v) is 9.39. The van der Waals surface area contributed by atoms with Crippen LogP contribution < -0.4 is 4.74 Å². The highest BCUT2D eigenvalue weighted by Crippen LogP contribution is 2.36. The molecule has 1 aliphatic rings. The summed E-state index contributed by atoms with van der Waals surface area (Å²) in [5, 5.41) is 77.8. The van der Waals surface area contributed by atoms with Gasteiger partial charge in [-0.25, -0.2) is 4.79 Å². The van der Waals surface area contributed by atoms with E-state index < -0.39 is 71.0 Å². The second kappa shape index (κ2) is 9.34. The average Bonchev–Trinajstić information content (AvgIpc) is 2.74. The van der Waals surface area contributed by atoms with Crippen molar-refractivity contribution in [2.75, 3.05) is 0 Å². The van der Waals surface area contributed by atoms with E-state index in [1.54, 1.807) is 0 Å². The van der Waals surface area contributed by atoms with Gasteiger partial charge >= 0.3 is 5.97 Å². The lowest BCUT2D eigenvalue weighted by Gasteiger charge is -2.38. The van der Waals surface area contributed by atoms with Crippen molar-refractivity contribution in [3.05, 3.63) is 47.5 Å². The highest BCUT2D eigenvalue weighted by Gasteiger charge is 2.48. The van der Waals surface area contributed by atoms with E-state index in [1.165, 1.54) is 18.2 Å². The van der Waals surface area contributed by atoms with Crippen LogP contribution in [-0.4, -0.2) is 83.3 Å². The number of phenols is 4. The summed E-state index contributed by atoms with van der Waals surface area (Å²) < 4.78 is 10.3. The lowest BCUT2D eigenvalue weighted by Crippen LogP contribution is -2.61. The van der Waals surface area contributed by atoms with Crippen LogP contribution in [-0.2, 0) is 9.53 Å². The van der Waals surface area contributed by atoms with Gasteiger partial charge in [0.1, 0.15) is 41.1 Å². The number of hydrogen-bond acceptors (Lipinski definition) is 11. The van der Waals surface area contributed by atoms with Gasteiger partial charge in [0, 0.05) is 12.1 Å². The summed E-state index contributed by atoms with van der Waals surface area (Å²) in [7, 11) is 0. The summed E-state index contributed by atoms with van der Waals surface area (Å²) in [6, 6.07) is 5.45. The van der Waals surface area contributed by atoms with E-state index in [9.17, 15) is 45.3 Å². The van der Waals surface area contributed by atoms with Crippen LogP contribution in [0.25, 0.3) is 6.08 Å². The molecule has 0 saturated carbocycles. The summed E-state index contributed by atoms with van der Waals surface area (Å²) in [4.78, 5) is 24.0. The number of carbonyl (C=O) groups excluding carboxylic acids is 1. The number of aliphatic hydroxyl groups is 3. The molecule has 176 valence electrons. The molecule has 1 aliphatic heterocycles. The molecule has 8 N–H and O–H groups in total. The minimum atomic E-state index is -1.98. The maximum absolute atomic E-state index is 12.7. The van der Waals surface area contributed by atoms with Crippen LogP contribution in [0.15, 0.2) is 36.4 Å². The molecule has 2 aromatic rings. The van der Waals surface area contributed by atoms with Crippen molar-refractivity contribution < 1.29 is 59.9 Å². The molecule has 0 spiro atoms. The molecule has 0 aromatic heterocycles. The third kappa shape index (κ3) is 4.99. The highest BCUT2D eigenvalue weighted by molar-refractivity contribution is 6.10. The number of phenolic OH excluding ortho intramolecular Hbond substituents is 4. The van der Waals surface area contributed by atoms with Gasteiger partial charge in [0.15, 0.2) is 23.4 Å². The Morgan fingerprint density at radius 3 is 2.21 bits per heavy atom. The Morgan fingerprint density at radius 2 is 1.58 bits per heavy atom. The van der Waals surface area contributed by atoms with E-state index in [2.05, 4.69) is 0 Å². The number of hydrogen-bond donors (Lipinski definition) is 8. The van der Waals surface area contributed by atoms with Crippen LogP contribution in [0.5, 0.6) is 28.7 Å². The van der Waals surface area contributed by atoms with E-state index >= 15 is 0 Å². The zero-order valence-electron chi connectivity index (χ0n) is 16.6. The van der Waals surface area contributed by atoms with Crippen molar-refractivity contribution in [1.29, 1.82) is 0 Å². The molecule has 1 heterocycles. The zero-order chi connectivity index (χ0) is 24.4. The molecule has 0 aliphatic carbocycles. The highest BCUT2D eigenvalue weighted by atomic mass is 16.7. The van der Waals surface area contributed by atoms with Gasteiger partial charge in [-0.05, 0) is 23.8 Å². The summed E-state index contributed by atoms with van der Waals surface area (Å²) in [6.07, 6.45) is -7.54. The van der Waals surface area contributed by atoms with Crippen LogP contribution >= 0.6 is 0 Å². The Balaban J connectivity index is 1.92. The van der Waals surface area contributed by atoms with Crippen LogP contribution in [0, 0.1) is 0 Å². The number of ketones is 1. The van der Waals surface area contributed by atoms with Gasteiger partial charge in [-0.15, -0.1) is 0 Å². The van der Waals surface area contributed by atoms with Gasteiger partial charge in [-0.3, -0.25) is 4.79 Å². The third-order valence-corrected chi connectivity index (χ3v) is 4.80. The Morgan fingerprint density at radius 1 is 0.879 bits per heavy atom. The standard InChI is InChI=1S/C21H20O12/c22-9-6-13(26)15(11(24)4-2-8-1-3-10(23)12(25)5-8)14(7-9)32-21-18(29)16(27)17(28)19(33-21)20(30)31/h1-7,16-19,21-23,25-29H,(H,30,31). The number of aromatic hydroxyl groups is 4. The van der Waals surface area contributed by atoms with Crippen molar-refractivity contribution >= 4 is 17.8 Å². The molecule has 3 rings (SSSR count). The second-order valence-corrected chi connectivity index (χ2v) is 7.14. The largest absolute Gasteiger partial charge is 0.508 e. The number of carboxylic acid groups (broad SMARTS) is 1. The zero-order valence-corrected chi connectivity index (χ0v) is 16.6. The summed E-state index contributed by atoms with van der Waals surface area (Å²) in [5.74, 6) is -5.12. The van der Waals surface area contributed by atoms with Gasteiger partial charge in [0.05, 0.1) is 0 Å². The molecule has 5 unspecified atom stereocenters. The maximum atomic E-state index is 12.7. The van der Waals surface area contributed by atoms with Gasteiger partial charge in [-0.1, -0.05) is 12.1 Å². The summed E-state index contributed by atoms with van der Waals surface area (Å²) in [6.45, 7) is 0. The molecular weight excluding hydrogens is 444 g/mol. The fourth-order valence-corrected chi connectivity index (χ4v) is 3.10. The second-order valence-electron chi connectivity index (χ2n) is 7.14. The number of carboxylic acids is 1. The SMILES string of the molecule is O=C(C=Cc1ccc(O)c(O)c1)c1c(O)cc(O)cc1OC1OC(C(=O)O)C(O)C(O)C1O. The molecule has 0 radical (unpaired) electrons. The maximum Gasteiger partial charge on any atom is 0.335 e. The smallest absolute Gasteiger partial charge is 0.335 e. The topological polar surface area (TPSA) is 214 Å². The quantitative estimate of drug-likeness (QED) is 0.157. The Hall–Kier alpha value is -3.84. The molecule has 5 atom stereocenters. The van der Waals surface area contributed by atoms with Crippen molar-refractivity contribution in [3.63, 3.8) is 0 Å². The molecule has 12 heteroatoms. The Labute approximate surface area is 185 Å². The Kier molecular flexibility index (Phi) is 6.74. The fourth-order valence-electron chi connectivity index (χ4n) is 3.10. The summed E-state index contributed by atoms with van der Waals surface area (Å²) >= 11 is 0. The van der Waals surface area contributed by atoms with E-state index in [-0.39, 0.29) is 5.75 Å². The first-order chi connectivity index (χ1) is 15.5. The van der Waals surface area contributed by atoms with Crippen molar-refractivity contribution in [2.45, 2.75) is 30.7 Å². The first kappa shape index (κ1) is 23.8. The number of rotatable bonds is 6. The molecule has 33 heavy (non-hydrogen) atoms. The van der Waals surface area contributed by atoms with Gasteiger partial charge < -0.3 is 50.3 Å². The fraction of sp³-hybridized carbons (Fsp3) is 0.238. The molecular formula is C21H20O12. The van der Waals surface area contributed by atoms with E-state index in [1.807, 2.05) is 0 Å². The third-order valence-electron chi connectivity index (χ3n) is 4.80.